The minimum Gasteiger partial charge on any atom is -0.481 e. The van der Waals surface area contributed by atoms with E-state index in [4.69, 9.17) is 20.8 Å². The zero-order valence-electron chi connectivity index (χ0n) is 9.68. The van der Waals surface area contributed by atoms with Crippen molar-refractivity contribution >= 4 is 11.6 Å². The van der Waals surface area contributed by atoms with Crippen LogP contribution in [-0.4, -0.2) is 17.1 Å². The number of hydrogen-bond donors (Lipinski definition) is 0. The number of nitrogens with zero attached hydrogens (tertiary/aromatic N) is 2. The second-order valence-electron chi connectivity index (χ2n) is 3.66. The number of halogens is 1. The summed E-state index contributed by atoms with van der Waals surface area (Å²) in [6, 6.07) is 3.66. The van der Waals surface area contributed by atoms with E-state index in [2.05, 4.69) is 9.97 Å². The van der Waals surface area contributed by atoms with Crippen molar-refractivity contribution in [2.24, 2.45) is 0 Å². The summed E-state index contributed by atoms with van der Waals surface area (Å²) in [5.74, 6) is 1.38. The van der Waals surface area contributed by atoms with Crippen molar-refractivity contribution in [3.8, 4) is 5.88 Å². The van der Waals surface area contributed by atoms with Gasteiger partial charge in [-0.25, -0.2) is 9.97 Å². The van der Waals surface area contributed by atoms with Crippen molar-refractivity contribution < 1.29 is 9.15 Å². The van der Waals surface area contributed by atoms with Crippen LogP contribution in [0.1, 0.15) is 22.4 Å². The number of alkyl halides is 1. The number of ether oxygens (including phenoxy) is 1. The smallest absolute Gasteiger partial charge is 0.216 e. The lowest BCUT2D eigenvalue weighted by Gasteiger charge is -2.08. The van der Waals surface area contributed by atoms with Crippen LogP contribution < -0.4 is 4.74 Å². The van der Waals surface area contributed by atoms with Crippen LogP contribution in [0.3, 0.4) is 0 Å². The molecule has 0 saturated carbocycles. The lowest BCUT2D eigenvalue weighted by molar-refractivity contribution is 0.396. The highest BCUT2D eigenvalue weighted by Crippen LogP contribution is 2.28. The van der Waals surface area contributed by atoms with Crippen LogP contribution in [0.25, 0.3) is 0 Å². The maximum atomic E-state index is 6.32. The number of furan rings is 1. The molecule has 0 N–H and O–H groups in total. The number of hydrogen-bond acceptors (Lipinski definition) is 4. The molecule has 90 valence electrons. The van der Waals surface area contributed by atoms with Gasteiger partial charge in [-0.05, 0) is 13.0 Å². The average Bonchev–Trinajstić information content (AvgIpc) is 2.76. The van der Waals surface area contributed by atoms with E-state index in [0.717, 1.165) is 17.0 Å². The fourth-order valence-corrected chi connectivity index (χ4v) is 2.00. The predicted octanol–water partition coefficient (Wildman–Crippen LogP) is 2.91. The van der Waals surface area contributed by atoms with Gasteiger partial charge in [-0.3, -0.25) is 0 Å². The van der Waals surface area contributed by atoms with Crippen LogP contribution in [0.15, 0.2) is 29.1 Å². The lowest BCUT2D eigenvalue weighted by atomic mass is 10.1. The molecular formula is C12H13ClN2O2. The molecule has 1 unspecified atom stereocenters. The zero-order chi connectivity index (χ0) is 12.3. The molecule has 0 saturated heterocycles. The van der Waals surface area contributed by atoms with Gasteiger partial charge < -0.3 is 9.15 Å². The fraction of sp³-hybridized carbons (Fsp3) is 0.333. The summed E-state index contributed by atoms with van der Waals surface area (Å²) in [5.41, 5.74) is 1.83. The summed E-state index contributed by atoms with van der Waals surface area (Å²) in [4.78, 5) is 8.11. The Balaban J connectivity index is 2.13. The molecule has 0 aliphatic carbocycles. The Kier molecular flexibility index (Phi) is 3.64. The highest BCUT2D eigenvalue weighted by atomic mass is 35.5. The molecule has 2 aromatic heterocycles. The van der Waals surface area contributed by atoms with Gasteiger partial charge in [0.05, 0.1) is 18.8 Å². The summed E-state index contributed by atoms with van der Waals surface area (Å²) in [5, 5.41) is -0.159. The molecule has 2 rings (SSSR count). The van der Waals surface area contributed by atoms with Crippen LogP contribution in [0.4, 0.5) is 0 Å². The molecule has 0 aliphatic heterocycles. The number of methoxy groups -OCH3 is 1. The Morgan fingerprint density at radius 2 is 2.29 bits per heavy atom. The molecule has 0 amide bonds. The van der Waals surface area contributed by atoms with Crippen molar-refractivity contribution in [2.75, 3.05) is 7.11 Å². The first-order chi connectivity index (χ1) is 8.20. The standard InChI is InChI=1S/C12H13ClN2O2/c1-8-10(3-4-17-8)11(13)5-9-6-12(16-2)15-7-14-9/h3-4,6-7,11H,5H2,1-2H3. The van der Waals surface area contributed by atoms with Gasteiger partial charge in [0.1, 0.15) is 12.1 Å². The highest BCUT2D eigenvalue weighted by molar-refractivity contribution is 6.21. The molecule has 17 heavy (non-hydrogen) atoms. The second-order valence-corrected chi connectivity index (χ2v) is 4.18. The molecule has 4 nitrogen and oxygen atoms in total. The molecule has 2 aromatic rings. The van der Waals surface area contributed by atoms with Gasteiger partial charge in [0.15, 0.2) is 0 Å². The van der Waals surface area contributed by atoms with Crippen LogP contribution in [0, 0.1) is 6.92 Å². The first-order valence-electron chi connectivity index (χ1n) is 5.23. The Hall–Kier alpha value is -1.55. The predicted molar refractivity (Wildman–Crippen MR) is 64.3 cm³/mol. The van der Waals surface area contributed by atoms with E-state index in [-0.39, 0.29) is 5.38 Å². The summed E-state index contributed by atoms with van der Waals surface area (Å²) >= 11 is 6.32. The largest absolute Gasteiger partial charge is 0.481 e. The molecule has 0 radical (unpaired) electrons. The van der Waals surface area contributed by atoms with Crippen molar-refractivity contribution in [3.05, 3.63) is 41.7 Å². The Morgan fingerprint density at radius 3 is 2.94 bits per heavy atom. The number of rotatable bonds is 4. The topological polar surface area (TPSA) is 48.2 Å². The van der Waals surface area contributed by atoms with Crippen LogP contribution >= 0.6 is 11.6 Å². The first kappa shape index (κ1) is 11.9. The van der Waals surface area contributed by atoms with Gasteiger partial charge in [0.2, 0.25) is 5.88 Å². The van der Waals surface area contributed by atoms with E-state index in [0.29, 0.717) is 12.3 Å². The Bertz CT molecular complexity index is 499. The summed E-state index contributed by atoms with van der Waals surface area (Å²) < 4.78 is 10.3. The minimum absolute atomic E-state index is 0.159. The summed E-state index contributed by atoms with van der Waals surface area (Å²) in [6.45, 7) is 1.89. The molecular weight excluding hydrogens is 240 g/mol. The van der Waals surface area contributed by atoms with Crippen LogP contribution in [0.2, 0.25) is 0 Å². The summed E-state index contributed by atoms with van der Waals surface area (Å²) in [7, 11) is 1.57. The van der Waals surface area contributed by atoms with Gasteiger partial charge in [-0.15, -0.1) is 11.6 Å². The van der Waals surface area contributed by atoms with Gasteiger partial charge in [0.25, 0.3) is 0 Å². The van der Waals surface area contributed by atoms with Gasteiger partial charge in [-0.1, -0.05) is 0 Å². The maximum Gasteiger partial charge on any atom is 0.216 e. The van der Waals surface area contributed by atoms with Gasteiger partial charge >= 0.3 is 0 Å². The second kappa shape index (κ2) is 5.19. The SMILES string of the molecule is COc1cc(CC(Cl)c2ccoc2C)ncn1. The quantitative estimate of drug-likeness (QED) is 0.785. The number of aryl methyl sites for hydroxylation is 1. The van der Waals surface area contributed by atoms with Gasteiger partial charge in [0, 0.05) is 23.7 Å². The van der Waals surface area contributed by atoms with E-state index in [9.17, 15) is 0 Å². The van der Waals surface area contributed by atoms with E-state index in [1.807, 2.05) is 13.0 Å². The van der Waals surface area contributed by atoms with E-state index < -0.39 is 0 Å². The van der Waals surface area contributed by atoms with Crippen LogP contribution in [-0.2, 0) is 6.42 Å². The van der Waals surface area contributed by atoms with E-state index in [1.165, 1.54) is 6.33 Å². The molecule has 0 aliphatic rings. The summed E-state index contributed by atoms with van der Waals surface area (Å²) in [6.07, 6.45) is 3.72. The molecule has 0 bridgehead atoms. The van der Waals surface area contributed by atoms with E-state index in [1.54, 1.807) is 19.4 Å². The maximum absolute atomic E-state index is 6.32. The molecule has 0 spiro atoms. The van der Waals surface area contributed by atoms with Gasteiger partial charge in [-0.2, -0.15) is 0 Å². The third-order valence-corrected chi connectivity index (χ3v) is 2.92. The van der Waals surface area contributed by atoms with E-state index >= 15 is 0 Å². The Labute approximate surface area is 105 Å². The normalized spacial score (nSPS) is 12.4. The average molecular weight is 253 g/mol. The fourth-order valence-electron chi connectivity index (χ4n) is 1.61. The van der Waals surface area contributed by atoms with Crippen molar-refractivity contribution in [1.82, 2.24) is 9.97 Å². The third kappa shape index (κ3) is 2.77. The Morgan fingerprint density at radius 1 is 1.47 bits per heavy atom. The molecule has 1 atom stereocenters. The molecule has 0 fully saturated rings. The van der Waals surface area contributed by atoms with Crippen molar-refractivity contribution in [1.29, 1.82) is 0 Å². The monoisotopic (exact) mass is 252 g/mol. The molecule has 0 aromatic carbocycles. The van der Waals surface area contributed by atoms with Crippen LogP contribution in [0.5, 0.6) is 5.88 Å². The molecule has 5 heteroatoms. The molecule has 2 heterocycles. The zero-order valence-corrected chi connectivity index (χ0v) is 10.4. The number of aromatic nitrogens is 2. The minimum atomic E-state index is -0.159. The van der Waals surface area contributed by atoms with Crippen molar-refractivity contribution in [3.63, 3.8) is 0 Å². The highest BCUT2D eigenvalue weighted by Gasteiger charge is 2.14. The first-order valence-corrected chi connectivity index (χ1v) is 5.67. The third-order valence-electron chi connectivity index (χ3n) is 2.53. The lowest BCUT2D eigenvalue weighted by Crippen LogP contribution is -2.00. The van der Waals surface area contributed by atoms with Crippen molar-refractivity contribution in [2.45, 2.75) is 18.7 Å².